The minimum atomic E-state index is -0.694. The van der Waals surface area contributed by atoms with Crippen molar-refractivity contribution in [2.45, 2.75) is 57.8 Å². The normalized spacial score (nSPS) is 10.4. The number of hydrogen-bond donors (Lipinski definition) is 1. The zero-order valence-electron chi connectivity index (χ0n) is 8.83. The fourth-order valence-electron chi connectivity index (χ4n) is 1.44. The molecule has 0 unspecified atom stereocenters. The Morgan fingerprint density at radius 3 is 1.64 bits per heavy atom. The third-order valence-corrected chi connectivity index (χ3v) is 2.28. The lowest BCUT2D eigenvalue weighted by Gasteiger charge is -1.99. The predicted octanol–water partition coefficient (Wildman–Crippen LogP) is 3.01. The summed E-state index contributed by atoms with van der Waals surface area (Å²) >= 11 is 0. The van der Waals surface area contributed by atoms with E-state index in [1.807, 2.05) is 0 Å². The number of carbonyl (C=O) groups is 1. The zero-order chi connectivity index (χ0) is 10.6. The molecule has 0 aliphatic rings. The van der Waals surface area contributed by atoms with Gasteiger partial charge in [0.15, 0.2) is 0 Å². The first-order chi connectivity index (χ1) is 6.77. The molecule has 0 saturated heterocycles. The van der Waals surface area contributed by atoms with Crippen molar-refractivity contribution in [3.63, 3.8) is 0 Å². The van der Waals surface area contributed by atoms with Gasteiger partial charge in [-0.15, -0.1) is 0 Å². The molecule has 0 aliphatic heterocycles. The fourth-order valence-corrected chi connectivity index (χ4v) is 1.44. The van der Waals surface area contributed by atoms with Gasteiger partial charge < -0.3 is 5.11 Å². The van der Waals surface area contributed by atoms with E-state index < -0.39 is 5.97 Å². The number of carboxylic acids is 1. The molecule has 0 spiro atoms. The molecule has 0 bridgehead atoms. The van der Waals surface area contributed by atoms with Crippen molar-refractivity contribution in [3.8, 4) is 0 Å². The molecule has 0 saturated carbocycles. The van der Waals surface area contributed by atoms with Crippen LogP contribution < -0.4 is 0 Å². The van der Waals surface area contributed by atoms with Crippen LogP contribution in [0, 0.1) is 0 Å². The summed E-state index contributed by atoms with van der Waals surface area (Å²) in [5.41, 5.74) is 0. The summed E-state index contributed by atoms with van der Waals surface area (Å²) in [4.78, 5) is 10.2. The van der Waals surface area contributed by atoms with E-state index in [0.717, 1.165) is 38.5 Å². The summed E-state index contributed by atoms with van der Waals surface area (Å²) in [5, 5.41) is 18.5. The van der Waals surface area contributed by atoms with Crippen LogP contribution in [0.3, 0.4) is 0 Å². The summed E-state index contributed by atoms with van der Waals surface area (Å²) in [6.07, 6.45) is 8.63. The van der Waals surface area contributed by atoms with E-state index >= 15 is 0 Å². The van der Waals surface area contributed by atoms with Crippen LogP contribution in [-0.2, 0) is 9.90 Å². The second kappa shape index (κ2) is 10.5. The van der Waals surface area contributed by atoms with Gasteiger partial charge in [-0.1, -0.05) is 38.5 Å². The molecule has 0 aromatic carbocycles. The number of aliphatic carboxylic acids is 1. The van der Waals surface area contributed by atoms with Gasteiger partial charge in [0, 0.05) is 6.42 Å². The molecule has 3 heteroatoms. The van der Waals surface area contributed by atoms with Gasteiger partial charge in [0.05, 0.1) is 6.61 Å². The first kappa shape index (κ1) is 13.4. The Morgan fingerprint density at radius 1 is 0.786 bits per heavy atom. The molecular weight excluding hydrogens is 180 g/mol. The van der Waals surface area contributed by atoms with Gasteiger partial charge in [-0.3, -0.25) is 4.79 Å². The quantitative estimate of drug-likeness (QED) is 0.552. The van der Waals surface area contributed by atoms with E-state index in [1.54, 1.807) is 0 Å². The maximum absolute atomic E-state index is 10.2. The van der Waals surface area contributed by atoms with E-state index in [1.165, 1.54) is 12.8 Å². The average molecular weight is 201 g/mol. The van der Waals surface area contributed by atoms with Crippen LogP contribution in [-0.4, -0.2) is 17.7 Å². The van der Waals surface area contributed by atoms with Crippen molar-refractivity contribution < 1.29 is 15.0 Å². The highest BCUT2D eigenvalue weighted by Crippen LogP contribution is 2.09. The molecule has 0 aliphatic carbocycles. The molecule has 0 amide bonds. The molecule has 0 atom stereocenters. The predicted molar refractivity (Wildman–Crippen MR) is 54.7 cm³/mol. The second-order valence-corrected chi connectivity index (χ2v) is 3.68. The molecule has 1 N–H and O–H groups in total. The first-order valence-corrected chi connectivity index (χ1v) is 5.57. The van der Waals surface area contributed by atoms with Crippen molar-refractivity contribution in [2.75, 3.05) is 6.61 Å². The number of carboxylic acid groups (broad SMARTS) is 1. The molecule has 3 nitrogen and oxygen atoms in total. The average Bonchev–Trinajstić information content (AvgIpc) is 2.15. The number of unbranched alkanes of at least 4 members (excludes halogenated alkanes) is 7. The van der Waals surface area contributed by atoms with Gasteiger partial charge >= 0.3 is 5.97 Å². The van der Waals surface area contributed by atoms with Gasteiger partial charge in [-0.25, -0.2) is 5.11 Å². The molecule has 0 aromatic heterocycles. The van der Waals surface area contributed by atoms with Gasteiger partial charge in [0.1, 0.15) is 0 Å². The van der Waals surface area contributed by atoms with E-state index in [0.29, 0.717) is 6.42 Å². The van der Waals surface area contributed by atoms with Crippen LogP contribution >= 0.6 is 0 Å². The smallest absolute Gasteiger partial charge is 0.303 e. The maximum atomic E-state index is 10.2. The molecule has 1 radical (unpaired) electrons. The lowest BCUT2D eigenvalue weighted by Crippen LogP contribution is -1.93. The van der Waals surface area contributed by atoms with Crippen molar-refractivity contribution in [3.05, 3.63) is 0 Å². The monoisotopic (exact) mass is 201 g/mol. The van der Waals surface area contributed by atoms with Gasteiger partial charge in [-0.2, -0.15) is 0 Å². The largest absolute Gasteiger partial charge is 0.481 e. The standard InChI is InChI=1S/C11H21O3/c12-10-8-6-4-2-1-3-5-7-9-11(13)14/h1-10H2,(H,13,14). The topological polar surface area (TPSA) is 57.2 Å². The zero-order valence-corrected chi connectivity index (χ0v) is 8.83. The van der Waals surface area contributed by atoms with Crippen molar-refractivity contribution >= 4 is 5.97 Å². The Labute approximate surface area is 86.1 Å². The molecule has 83 valence electrons. The van der Waals surface area contributed by atoms with E-state index in [2.05, 4.69) is 0 Å². The molecule has 14 heavy (non-hydrogen) atoms. The Hall–Kier alpha value is -0.570. The molecule has 0 rings (SSSR count). The van der Waals surface area contributed by atoms with Crippen molar-refractivity contribution in [1.82, 2.24) is 0 Å². The highest BCUT2D eigenvalue weighted by molar-refractivity contribution is 5.66. The third kappa shape index (κ3) is 11.4. The van der Waals surface area contributed by atoms with Crippen molar-refractivity contribution in [2.24, 2.45) is 0 Å². The van der Waals surface area contributed by atoms with E-state index in [4.69, 9.17) is 5.11 Å². The molecule has 0 fully saturated rings. The Kier molecular flexibility index (Phi) is 10.1. The Morgan fingerprint density at radius 2 is 1.21 bits per heavy atom. The maximum Gasteiger partial charge on any atom is 0.303 e. The Balaban J connectivity index is 2.88. The SMILES string of the molecule is [O]CCCCCCCCCCC(=O)O. The van der Waals surface area contributed by atoms with Crippen LogP contribution in [0.5, 0.6) is 0 Å². The van der Waals surface area contributed by atoms with E-state index in [-0.39, 0.29) is 6.61 Å². The van der Waals surface area contributed by atoms with Crippen LogP contribution in [0.2, 0.25) is 0 Å². The van der Waals surface area contributed by atoms with E-state index in [9.17, 15) is 9.90 Å². The molecule has 0 aromatic rings. The van der Waals surface area contributed by atoms with Gasteiger partial charge in [0.25, 0.3) is 0 Å². The summed E-state index contributed by atoms with van der Waals surface area (Å²) in [6.45, 7) is 0.0542. The van der Waals surface area contributed by atoms with Crippen LogP contribution in [0.4, 0.5) is 0 Å². The lowest BCUT2D eigenvalue weighted by atomic mass is 10.1. The summed E-state index contributed by atoms with van der Waals surface area (Å²) in [5.74, 6) is -0.694. The van der Waals surface area contributed by atoms with Crippen LogP contribution in [0.25, 0.3) is 0 Å². The molecule has 0 heterocycles. The van der Waals surface area contributed by atoms with Gasteiger partial charge in [0.2, 0.25) is 0 Å². The minimum absolute atomic E-state index is 0.0542. The fraction of sp³-hybridized carbons (Fsp3) is 0.909. The summed E-state index contributed by atoms with van der Waals surface area (Å²) in [6, 6.07) is 0. The summed E-state index contributed by atoms with van der Waals surface area (Å²) < 4.78 is 0. The minimum Gasteiger partial charge on any atom is -0.481 e. The second-order valence-electron chi connectivity index (χ2n) is 3.68. The third-order valence-electron chi connectivity index (χ3n) is 2.28. The number of hydrogen-bond acceptors (Lipinski definition) is 1. The van der Waals surface area contributed by atoms with Gasteiger partial charge in [-0.05, 0) is 12.8 Å². The number of rotatable bonds is 10. The van der Waals surface area contributed by atoms with Crippen LogP contribution in [0.15, 0.2) is 0 Å². The first-order valence-electron chi connectivity index (χ1n) is 5.57. The highest BCUT2D eigenvalue weighted by Gasteiger charge is 1.96. The Bertz CT molecular complexity index is 134. The molecular formula is C11H21O3. The summed E-state index contributed by atoms with van der Waals surface area (Å²) in [7, 11) is 0. The van der Waals surface area contributed by atoms with Crippen LogP contribution in [0.1, 0.15) is 57.8 Å². The van der Waals surface area contributed by atoms with Crippen molar-refractivity contribution in [1.29, 1.82) is 0 Å². The highest BCUT2D eigenvalue weighted by atomic mass is 16.4. The lowest BCUT2D eigenvalue weighted by molar-refractivity contribution is -0.137.